The summed E-state index contributed by atoms with van der Waals surface area (Å²) in [5.74, 6) is 2.16. The van der Waals surface area contributed by atoms with E-state index in [1.54, 1.807) is 79.7 Å². The molecule has 0 radical (unpaired) electrons. The van der Waals surface area contributed by atoms with Gasteiger partial charge in [-0.15, -0.1) is 0 Å². The van der Waals surface area contributed by atoms with E-state index in [4.69, 9.17) is 22.1 Å². The van der Waals surface area contributed by atoms with Gasteiger partial charge in [0.2, 0.25) is 53.1 Å². The standard InChI is InChI=1S/C23H30N4O3.C23H30N4O2.C22H27ClN4O2.C22H29N5O2/c1-4-21(28)25(2)19-8-10-20(11-9-19)26-14-16-27(17-15-26)22(29)12-7-18-6-5-13-24-23(18)30-3;1-4-22(28)25(3)20-8-10-21(11-9-20)26-14-16-27(17-15-26)23(29)12-7-19-6-5-13-24-18(19)2;2*1-3-20(28)25(2)18-7-9-19(10-8-18)26-13-15-27(16-14-26)21(29)11-6-17-5-4-12-24-22(17)23/h5-6,8-11,13H,4,7,12,14-17H2,1-3H3;5-6,8-11,13H,4,7,12,14-17H2,1-3H3;4-5,7-10,12H,3,6,11,13-16H2,1-2H3;4-5,7-10,12H,3,6,11,13-16H2,1-2H3,(H2,23,24). The van der Waals surface area contributed by atoms with Crippen LogP contribution in [0.4, 0.5) is 51.3 Å². The van der Waals surface area contributed by atoms with E-state index in [1.165, 1.54) is 0 Å². The summed E-state index contributed by atoms with van der Waals surface area (Å²) in [6, 6.07) is 47.4. The van der Waals surface area contributed by atoms with Crippen LogP contribution in [-0.2, 0) is 64.0 Å². The average molecular weight is 1620 g/mol. The summed E-state index contributed by atoms with van der Waals surface area (Å²) in [4.78, 5) is 138. The van der Waals surface area contributed by atoms with Crippen LogP contribution in [0.1, 0.15) is 107 Å². The van der Waals surface area contributed by atoms with Crippen LogP contribution in [0.5, 0.6) is 5.88 Å². The van der Waals surface area contributed by atoms with Crippen molar-refractivity contribution in [2.24, 2.45) is 0 Å². The number of nitrogens with two attached hydrogens (primary N) is 1. The van der Waals surface area contributed by atoms with Gasteiger partial charge >= 0.3 is 0 Å². The monoisotopic (exact) mass is 1610 g/mol. The molecule has 8 aromatic rings. The Bertz CT molecular complexity index is 4210. The number of hydrogen-bond acceptors (Lipinski definition) is 18. The molecule has 4 aromatic carbocycles. The van der Waals surface area contributed by atoms with Crippen LogP contribution >= 0.6 is 11.6 Å². The van der Waals surface area contributed by atoms with Crippen molar-refractivity contribution in [1.82, 2.24) is 39.5 Å². The number of nitrogens with zero attached hydrogens (tertiary/aromatic N) is 16. The van der Waals surface area contributed by atoms with Crippen molar-refractivity contribution in [3.8, 4) is 5.88 Å². The molecule has 622 valence electrons. The molecule has 0 atom stereocenters. The van der Waals surface area contributed by atoms with Crippen LogP contribution in [0.3, 0.4) is 0 Å². The first kappa shape index (κ1) is 89.3. The third-order valence-electron chi connectivity index (χ3n) is 22.0. The van der Waals surface area contributed by atoms with Gasteiger partial charge in [-0.3, -0.25) is 43.3 Å². The second-order valence-corrected chi connectivity index (χ2v) is 29.5. The van der Waals surface area contributed by atoms with Crippen molar-refractivity contribution in [2.45, 2.75) is 112 Å². The lowest BCUT2D eigenvalue weighted by Crippen LogP contribution is -2.48. The Kier molecular flexibility index (Phi) is 34.3. The Labute approximate surface area is 695 Å². The molecule has 26 nitrogen and oxygen atoms in total. The molecule has 0 spiro atoms. The number of hydrogen-bond donors (Lipinski definition) is 1. The maximum Gasteiger partial charge on any atom is 0.226 e. The lowest BCUT2D eigenvalue weighted by molar-refractivity contribution is -0.132. The SMILES string of the molecule is CCC(=O)N(C)c1ccc(N2CCN(C(=O)CCc3cccnc3C)CC2)cc1.CCC(=O)N(C)c1ccc(N2CCN(C(=O)CCc3cccnc3Cl)CC2)cc1.CCC(=O)N(C)c1ccc(N2CCN(C(=O)CCc3cccnc3N)CC2)cc1.CCC(=O)N(C)c1ccc(N2CCN(C(=O)CCc3cccnc3OC)CC2)cc1. The smallest absolute Gasteiger partial charge is 0.226 e. The molecule has 117 heavy (non-hydrogen) atoms. The molecule has 0 aliphatic carbocycles. The molecule has 27 heteroatoms. The summed E-state index contributed by atoms with van der Waals surface area (Å²) >= 11 is 6.07. The summed E-state index contributed by atoms with van der Waals surface area (Å²) in [6.45, 7) is 21.6. The number of methoxy groups -OCH3 is 1. The molecule has 4 fully saturated rings. The number of aromatic nitrogens is 4. The lowest BCUT2D eigenvalue weighted by Gasteiger charge is -2.36. The molecule has 0 saturated carbocycles. The zero-order valence-electron chi connectivity index (χ0n) is 69.7. The first-order chi connectivity index (χ1) is 56.5. The van der Waals surface area contributed by atoms with Crippen LogP contribution in [-0.4, -0.2) is 227 Å². The summed E-state index contributed by atoms with van der Waals surface area (Å²) < 4.78 is 5.26. The van der Waals surface area contributed by atoms with Gasteiger partial charge in [-0.2, -0.15) is 0 Å². The highest BCUT2D eigenvalue weighted by atomic mass is 35.5. The van der Waals surface area contributed by atoms with Crippen LogP contribution in [0.15, 0.2) is 170 Å². The Morgan fingerprint density at radius 1 is 0.350 bits per heavy atom. The number of anilines is 9. The van der Waals surface area contributed by atoms with Crippen molar-refractivity contribution in [2.75, 3.05) is 185 Å². The van der Waals surface area contributed by atoms with E-state index in [0.717, 1.165) is 145 Å². The predicted octanol–water partition coefficient (Wildman–Crippen LogP) is 11.5. The topological polar surface area (TPSA) is 262 Å². The van der Waals surface area contributed by atoms with Gasteiger partial charge in [-0.1, -0.05) is 63.6 Å². The van der Waals surface area contributed by atoms with Gasteiger partial charge < -0.3 is 69.3 Å². The number of pyridine rings is 4. The first-order valence-electron chi connectivity index (χ1n) is 40.8. The first-order valence-corrected chi connectivity index (χ1v) is 41.1. The number of nitrogen functional groups attached to an aromatic ring is 1. The van der Waals surface area contributed by atoms with Gasteiger partial charge in [-0.25, -0.2) is 15.0 Å². The normalized spacial score (nSPS) is 14.0. The molecule has 0 bridgehead atoms. The molecule has 0 unspecified atom stereocenters. The second-order valence-electron chi connectivity index (χ2n) is 29.2. The fraction of sp³-hybridized carbons (Fsp3) is 0.422. The third-order valence-corrected chi connectivity index (χ3v) is 22.3. The Morgan fingerprint density at radius 2 is 0.607 bits per heavy atom. The van der Waals surface area contributed by atoms with Gasteiger partial charge in [0, 0.05) is 266 Å². The molecule has 4 aromatic heterocycles. The Balaban J connectivity index is 0.000000178. The van der Waals surface area contributed by atoms with Crippen molar-refractivity contribution in [3.05, 3.63) is 203 Å². The van der Waals surface area contributed by atoms with Gasteiger partial charge in [0.15, 0.2) is 0 Å². The molecule has 12 rings (SSSR count). The van der Waals surface area contributed by atoms with Crippen molar-refractivity contribution in [1.29, 1.82) is 0 Å². The summed E-state index contributed by atoms with van der Waals surface area (Å²) in [5.41, 5.74) is 18.8. The van der Waals surface area contributed by atoms with E-state index >= 15 is 0 Å². The number of ether oxygens (including phenoxy) is 1. The van der Waals surface area contributed by atoms with Crippen LogP contribution in [0.2, 0.25) is 5.15 Å². The molecule has 4 aliphatic heterocycles. The number of carbonyl (C=O) groups is 8. The van der Waals surface area contributed by atoms with Gasteiger partial charge in [0.1, 0.15) is 11.0 Å². The predicted molar refractivity (Wildman–Crippen MR) is 467 cm³/mol. The zero-order chi connectivity index (χ0) is 83.9. The van der Waals surface area contributed by atoms with Gasteiger partial charge in [0.05, 0.1) is 7.11 Å². The van der Waals surface area contributed by atoms with Crippen LogP contribution in [0, 0.1) is 6.92 Å². The molecule has 8 amide bonds. The quantitative estimate of drug-likeness (QED) is 0.0521. The van der Waals surface area contributed by atoms with Crippen LogP contribution < -0.4 is 49.7 Å². The van der Waals surface area contributed by atoms with E-state index in [0.29, 0.717) is 127 Å². The molecule has 4 aliphatic rings. The number of rotatable bonds is 25. The minimum atomic E-state index is 0.0949. The highest BCUT2D eigenvalue weighted by Crippen LogP contribution is 2.29. The fourth-order valence-electron chi connectivity index (χ4n) is 14.4. The molecule has 8 heterocycles. The molecular weight excluding hydrogens is 1500 g/mol. The molecular formula is C90H116ClN17O9. The fourth-order valence-corrected chi connectivity index (χ4v) is 14.6. The van der Waals surface area contributed by atoms with E-state index in [2.05, 4.69) is 51.7 Å². The molecule has 2 N–H and O–H groups in total. The van der Waals surface area contributed by atoms with Crippen molar-refractivity contribution in [3.63, 3.8) is 0 Å². The van der Waals surface area contributed by atoms with E-state index in [-0.39, 0.29) is 47.3 Å². The number of halogens is 1. The average Bonchev–Trinajstić information content (AvgIpc) is 0.844. The maximum absolute atomic E-state index is 12.6. The van der Waals surface area contributed by atoms with E-state index < -0.39 is 0 Å². The van der Waals surface area contributed by atoms with Gasteiger partial charge in [0.25, 0.3) is 0 Å². The van der Waals surface area contributed by atoms with Crippen molar-refractivity contribution >= 4 is 110 Å². The summed E-state index contributed by atoms with van der Waals surface area (Å²) in [7, 11) is 8.79. The maximum atomic E-state index is 12.6. The second kappa shape index (κ2) is 45.0. The largest absolute Gasteiger partial charge is 0.481 e. The highest BCUT2D eigenvalue weighted by Gasteiger charge is 2.27. The molecule has 4 saturated heterocycles. The Morgan fingerprint density at radius 3 is 0.897 bits per heavy atom. The minimum absolute atomic E-state index is 0.0949. The van der Waals surface area contributed by atoms with Crippen molar-refractivity contribution < 1.29 is 43.1 Å². The summed E-state index contributed by atoms with van der Waals surface area (Å²) in [5, 5.41) is 0.472. The number of aryl methyl sites for hydroxylation is 5. The van der Waals surface area contributed by atoms with Gasteiger partial charge in [-0.05, 0) is 171 Å². The summed E-state index contributed by atoms with van der Waals surface area (Å²) in [6.07, 6.45) is 13.2. The minimum Gasteiger partial charge on any atom is -0.481 e. The number of carbonyl (C=O) groups excluding carboxylic acids is 8. The number of benzene rings is 4. The van der Waals surface area contributed by atoms with E-state index in [1.807, 2.05) is 188 Å². The lowest BCUT2D eigenvalue weighted by atomic mass is 10.1. The van der Waals surface area contributed by atoms with Crippen LogP contribution in [0.25, 0.3) is 0 Å². The number of piperazine rings is 4. The number of amides is 8. The third kappa shape index (κ3) is 25.7. The highest BCUT2D eigenvalue weighted by molar-refractivity contribution is 6.30. The Hall–Kier alpha value is -11.7. The van der Waals surface area contributed by atoms with E-state index in [9.17, 15) is 38.4 Å². The zero-order valence-corrected chi connectivity index (χ0v) is 70.5.